The van der Waals surface area contributed by atoms with E-state index in [1.807, 2.05) is 0 Å². The third kappa shape index (κ3) is 3.63. The molecule has 0 radical (unpaired) electrons. The van der Waals surface area contributed by atoms with Crippen LogP contribution in [0.5, 0.6) is 0 Å². The van der Waals surface area contributed by atoms with Crippen molar-refractivity contribution in [2.24, 2.45) is 0 Å². The molecule has 0 bridgehead atoms. The van der Waals surface area contributed by atoms with Crippen LogP contribution in [-0.4, -0.2) is 45.6 Å². The normalized spacial score (nSPS) is 24.8. The lowest BCUT2D eigenvalue weighted by Crippen LogP contribution is -2.31. The van der Waals surface area contributed by atoms with Gasteiger partial charge in [0.25, 0.3) is 0 Å². The van der Waals surface area contributed by atoms with Gasteiger partial charge in [-0.3, -0.25) is 4.79 Å². The topological polar surface area (TPSA) is 72.5 Å². The molecular formula is C8H15NO4S. The molecule has 1 fully saturated rings. The van der Waals surface area contributed by atoms with Crippen LogP contribution in [0, 0.1) is 0 Å². The first kappa shape index (κ1) is 11.5. The summed E-state index contributed by atoms with van der Waals surface area (Å²) in [6.07, 6.45) is 0.927. The van der Waals surface area contributed by atoms with Crippen LogP contribution in [0.4, 0.5) is 0 Å². The molecule has 1 saturated heterocycles. The Morgan fingerprint density at radius 2 is 2.29 bits per heavy atom. The van der Waals surface area contributed by atoms with Crippen molar-refractivity contribution in [2.45, 2.75) is 18.9 Å². The molecule has 1 unspecified atom stereocenters. The summed E-state index contributed by atoms with van der Waals surface area (Å²) in [5.41, 5.74) is 0. The molecule has 0 spiro atoms. The molecule has 6 heteroatoms. The molecule has 1 N–H and O–H groups in total. The van der Waals surface area contributed by atoms with E-state index in [9.17, 15) is 13.2 Å². The van der Waals surface area contributed by atoms with Crippen LogP contribution in [0.25, 0.3) is 0 Å². The molecule has 1 atom stereocenters. The summed E-state index contributed by atoms with van der Waals surface area (Å²) in [5.74, 6) is 0.162. The van der Waals surface area contributed by atoms with Gasteiger partial charge in [-0.2, -0.15) is 0 Å². The molecule has 1 aliphatic rings. The van der Waals surface area contributed by atoms with Crippen LogP contribution < -0.4 is 5.32 Å². The first-order valence-electron chi connectivity index (χ1n) is 4.54. The Labute approximate surface area is 83.7 Å². The van der Waals surface area contributed by atoms with Gasteiger partial charge in [-0.25, -0.2) is 8.42 Å². The second kappa shape index (κ2) is 4.75. The number of carbonyl (C=O) groups is 1. The molecule has 0 amide bonds. The number of hydrogen-bond acceptors (Lipinski definition) is 5. The van der Waals surface area contributed by atoms with Crippen molar-refractivity contribution in [3.8, 4) is 0 Å². The van der Waals surface area contributed by atoms with Crippen LogP contribution in [0.1, 0.15) is 12.8 Å². The van der Waals surface area contributed by atoms with Gasteiger partial charge in [-0.15, -0.1) is 0 Å². The zero-order chi connectivity index (χ0) is 10.6. The lowest BCUT2D eigenvalue weighted by atomic mass is 10.2. The van der Waals surface area contributed by atoms with Gasteiger partial charge in [0.2, 0.25) is 0 Å². The minimum absolute atomic E-state index is 0.00431. The average molecular weight is 221 g/mol. The molecule has 14 heavy (non-hydrogen) atoms. The smallest absolute Gasteiger partial charge is 0.306 e. The standard InChI is InChI=1S/C8H15NO4S/c1-13-8(10)2-4-9-7-3-5-14(11,12)6-7/h7,9H,2-6H2,1H3. The second-order valence-electron chi connectivity index (χ2n) is 3.38. The maximum Gasteiger partial charge on any atom is 0.306 e. The van der Waals surface area contributed by atoms with Crippen molar-refractivity contribution in [1.29, 1.82) is 0 Å². The Morgan fingerprint density at radius 1 is 1.57 bits per heavy atom. The highest BCUT2D eigenvalue weighted by Crippen LogP contribution is 2.10. The van der Waals surface area contributed by atoms with E-state index in [0.29, 0.717) is 13.0 Å². The molecule has 82 valence electrons. The number of hydrogen-bond donors (Lipinski definition) is 1. The zero-order valence-electron chi connectivity index (χ0n) is 8.15. The molecular weight excluding hydrogens is 206 g/mol. The minimum atomic E-state index is -2.83. The number of ether oxygens (including phenoxy) is 1. The summed E-state index contributed by atoms with van der Waals surface area (Å²) in [6.45, 7) is 0.479. The van der Waals surface area contributed by atoms with E-state index < -0.39 is 9.84 Å². The summed E-state index contributed by atoms with van der Waals surface area (Å²) in [4.78, 5) is 10.7. The van der Waals surface area contributed by atoms with E-state index in [4.69, 9.17) is 0 Å². The largest absolute Gasteiger partial charge is 0.469 e. The quantitative estimate of drug-likeness (QED) is 0.637. The fraction of sp³-hybridized carbons (Fsp3) is 0.875. The highest BCUT2D eigenvalue weighted by Gasteiger charge is 2.27. The van der Waals surface area contributed by atoms with Crippen LogP contribution >= 0.6 is 0 Å². The molecule has 0 saturated carbocycles. The van der Waals surface area contributed by atoms with Gasteiger partial charge in [-0.05, 0) is 6.42 Å². The lowest BCUT2D eigenvalue weighted by Gasteiger charge is -2.08. The summed E-state index contributed by atoms with van der Waals surface area (Å²) in [6, 6.07) is 0.00431. The molecule has 1 rings (SSSR count). The fourth-order valence-electron chi connectivity index (χ4n) is 1.44. The molecule has 1 aliphatic heterocycles. The van der Waals surface area contributed by atoms with Crippen molar-refractivity contribution < 1.29 is 17.9 Å². The first-order valence-corrected chi connectivity index (χ1v) is 6.36. The molecule has 5 nitrogen and oxygen atoms in total. The highest BCUT2D eigenvalue weighted by atomic mass is 32.2. The monoisotopic (exact) mass is 221 g/mol. The third-order valence-electron chi connectivity index (χ3n) is 2.22. The summed E-state index contributed by atoms with van der Waals surface area (Å²) >= 11 is 0. The SMILES string of the molecule is COC(=O)CCNC1CCS(=O)(=O)C1. The zero-order valence-corrected chi connectivity index (χ0v) is 8.97. The number of sulfone groups is 1. The first-order chi connectivity index (χ1) is 6.53. The lowest BCUT2D eigenvalue weighted by molar-refractivity contribution is -0.140. The highest BCUT2D eigenvalue weighted by molar-refractivity contribution is 7.91. The minimum Gasteiger partial charge on any atom is -0.469 e. The van der Waals surface area contributed by atoms with E-state index in [1.165, 1.54) is 7.11 Å². The van der Waals surface area contributed by atoms with Crippen molar-refractivity contribution in [3.63, 3.8) is 0 Å². The maximum absolute atomic E-state index is 11.1. The molecule has 0 aromatic heterocycles. The van der Waals surface area contributed by atoms with E-state index in [2.05, 4.69) is 10.1 Å². The molecule has 0 aromatic carbocycles. The van der Waals surface area contributed by atoms with Crippen molar-refractivity contribution in [1.82, 2.24) is 5.32 Å². The van der Waals surface area contributed by atoms with Gasteiger partial charge in [0.15, 0.2) is 9.84 Å². The van der Waals surface area contributed by atoms with Crippen molar-refractivity contribution >= 4 is 15.8 Å². The maximum atomic E-state index is 11.1. The Balaban J connectivity index is 2.18. The summed E-state index contributed by atoms with van der Waals surface area (Å²) in [5, 5.41) is 3.02. The predicted octanol–water partition coefficient (Wildman–Crippen LogP) is -0.674. The number of carbonyl (C=O) groups excluding carboxylic acids is 1. The van der Waals surface area contributed by atoms with E-state index in [1.54, 1.807) is 0 Å². The van der Waals surface area contributed by atoms with Gasteiger partial charge in [0.05, 0.1) is 25.0 Å². The average Bonchev–Trinajstić information content (AvgIpc) is 2.45. The molecule has 0 aliphatic carbocycles. The summed E-state index contributed by atoms with van der Waals surface area (Å²) < 4.78 is 26.6. The van der Waals surface area contributed by atoms with Gasteiger partial charge >= 0.3 is 5.97 Å². The number of nitrogens with one attached hydrogen (secondary N) is 1. The van der Waals surface area contributed by atoms with E-state index >= 15 is 0 Å². The van der Waals surface area contributed by atoms with Crippen molar-refractivity contribution in [3.05, 3.63) is 0 Å². The third-order valence-corrected chi connectivity index (χ3v) is 3.99. The van der Waals surface area contributed by atoms with Gasteiger partial charge in [0, 0.05) is 12.6 Å². The Hall–Kier alpha value is -0.620. The predicted molar refractivity (Wildman–Crippen MR) is 51.7 cm³/mol. The second-order valence-corrected chi connectivity index (χ2v) is 5.61. The Morgan fingerprint density at radius 3 is 2.79 bits per heavy atom. The van der Waals surface area contributed by atoms with Crippen LogP contribution in [0.3, 0.4) is 0 Å². The fourth-order valence-corrected chi connectivity index (χ4v) is 3.14. The van der Waals surface area contributed by atoms with Crippen LogP contribution in [-0.2, 0) is 19.4 Å². The van der Waals surface area contributed by atoms with E-state index in [-0.39, 0.29) is 29.9 Å². The number of esters is 1. The number of methoxy groups -OCH3 is 1. The van der Waals surface area contributed by atoms with Crippen molar-refractivity contribution in [2.75, 3.05) is 25.2 Å². The summed E-state index contributed by atoms with van der Waals surface area (Å²) in [7, 11) is -1.49. The van der Waals surface area contributed by atoms with Gasteiger partial charge < -0.3 is 10.1 Å². The molecule has 1 heterocycles. The molecule has 0 aromatic rings. The van der Waals surface area contributed by atoms with Crippen LogP contribution in [0.15, 0.2) is 0 Å². The van der Waals surface area contributed by atoms with Crippen LogP contribution in [0.2, 0.25) is 0 Å². The Kier molecular flexibility index (Phi) is 3.88. The Bertz CT molecular complexity index is 298. The van der Waals surface area contributed by atoms with Gasteiger partial charge in [-0.1, -0.05) is 0 Å². The van der Waals surface area contributed by atoms with Gasteiger partial charge in [0.1, 0.15) is 0 Å². The van der Waals surface area contributed by atoms with E-state index in [0.717, 1.165) is 0 Å². The number of rotatable bonds is 4.